The molecular formula is C18H15ClNO3. The molecule has 0 saturated heterocycles. The number of hydrogen-bond acceptors (Lipinski definition) is 4. The number of benzene rings is 2. The highest BCUT2D eigenvalue weighted by Gasteiger charge is 2.15. The summed E-state index contributed by atoms with van der Waals surface area (Å²) >= 11 is 5.94. The summed E-state index contributed by atoms with van der Waals surface area (Å²) in [4.78, 5) is 16.2. The van der Waals surface area contributed by atoms with Gasteiger partial charge in [0.2, 0.25) is 6.29 Å². The molecule has 23 heavy (non-hydrogen) atoms. The highest BCUT2D eigenvalue weighted by molar-refractivity contribution is 6.30. The highest BCUT2D eigenvalue weighted by atomic mass is 35.5. The SMILES string of the molecule is CO/C=C(/[C]=O)c1ccccc1/C(=N/OC)c1ccc(Cl)cc1. The van der Waals surface area contributed by atoms with Crippen molar-refractivity contribution in [2.24, 2.45) is 5.16 Å². The van der Waals surface area contributed by atoms with Crippen LogP contribution in [-0.4, -0.2) is 26.2 Å². The molecule has 1 radical (unpaired) electrons. The Hall–Kier alpha value is -2.59. The average Bonchev–Trinajstić information content (AvgIpc) is 2.59. The summed E-state index contributed by atoms with van der Waals surface area (Å²) in [5, 5.41) is 4.73. The Morgan fingerprint density at radius 3 is 2.30 bits per heavy atom. The van der Waals surface area contributed by atoms with Gasteiger partial charge in [0.25, 0.3) is 0 Å². The fourth-order valence-corrected chi connectivity index (χ4v) is 2.27. The number of allylic oxidation sites excluding steroid dienone is 1. The predicted octanol–water partition coefficient (Wildman–Crippen LogP) is 3.84. The van der Waals surface area contributed by atoms with Crippen molar-refractivity contribution in [2.75, 3.05) is 14.2 Å². The minimum absolute atomic E-state index is 0.292. The zero-order valence-electron chi connectivity index (χ0n) is 12.7. The number of ether oxygens (including phenoxy) is 1. The van der Waals surface area contributed by atoms with Gasteiger partial charge in [-0.05, 0) is 17.7 Å². The number of methoxy groups -OCH3 is 1. The molecule has 5 heteroatoms. The quantitative estimate of drug-likeness (QED) is 0.350. The molecule has 0 aliphatic rings. The Bertz CT molecular complexity index is 736. The monoisotopic (exact) mass is 328 g/mol. The molecule has 0 bridgehead atoms. The smallest absolute Gasteiger partial charge is 0.237 e. The molecule has 4 nitrogen and oxygen atoms in total. The van der Waals surface area contributed by atoms with E-state index >= 15 is 0 Å². The third kappa shape index (κ3) is 3.99. The van der Waals surface area contributed by atoms with Crippen LogP contribution in [0.2, 0.25) is 5.02 Å². The Morgan fingerprint density at radius 2 is 1.74 bits per heavy atom. The molecule has 0 N–H and O–H groups in total. The van der Waals surface area contributed by atoms with Crippen LogP contribution in [0.3, 0.4) is 0 Å². The number of oxime groups is 1. The van der Waals surface area contributed by atoms with E-state index in [-0.39, 0.29) is 0 Å². The van der Waals surface area contributed by atoms with E-state index in [1.54, 1.807) is 18.2 Å². The van der Waals surface area contributed by atoms with E-state index in [4.69, 9.17) is 21.2 Å². The molecule has 117 valence electrons. The van der Waals surface area contributed by atoms with Gasteiger partial charge in [0.1, 0.15) is 12.8 Å². The van der Waals surface area contributed by atoms with Crippen LogP contribution in [-0.2, 0) is 14.4 Å². The minimum atomic E-state index is 0.292. The molecule has 0 atom stereocenters. The second kappa shape index (κ2) is 8.15. The minimum Gasteiger partial charge on any atom is -0.504 e. The van der Waals surface area contributed by atoms with Gasteiger partial charge in [0.15, 0.2) is 0 Å². The van der Waals surface area contributed by atoms with Gasteiger partial charge in [0.05, 0.1) is 18.9 Å². The van der Waals surface area contributed by atoms with Crippen LogP contribution in [0, 0.1) is 0 Å². The first-order chi connectivity index (χ1) is 11.2. The van der Waals surface area contributed by atoms with Crippen molar-refractivity contribution in [2.45, 2.75) is 0 Å². The molecule has 0 aliphatic carbocycles. The maximum absolute atomic E-state index is 11.2. The van der Waals surface area contributed by atoms with E-state index in [1.807, 2.05) is 36.6 Å². The molecule has 0 saturated carbocycles. The second-order valence-electron chi connectivity index (χ2n) is 4.54. The van der Waals surface area contributed by atoms with Crippen LogP contribution in [0.15, 0.2) is 59.9 Å². The van der Waals surface area contributed by atoms with Gasteiger partial charge < -0.3 is 9.57 Å². The molecule has 2 aromatic rings. The van der Waals surface area contributed by atoms with Crippen LogP contribution < -0.4 is 0 Å². The predicted molar refractivity (Wildman–Crippen MR) is 91.2 cm³/mol. The normalized spacial score (nSPS) is 12.0. The second-order valence-corrected chi connectivity index (χ2v) is 4.98. The van der Waals surface area contributed by atoms with E-state index in [0.29, 0.717) is 21.9 Å². The van der Waals surface area contributed by atoms with Gasteiger partial charge >= 0.3 is 0 Å². The van der Waals surface area contributed by atoms with Gasteiger partial charge in [0, 0.05) is 16.1 Å². The third-order valence-electron chi connectivity index (χ3n) is 3.12. The van der Waals surface area contributed by atoms with E-state index in [1.165, 1.54) is 20.5 Å². The molecule has 0 heterocycles. The van der Waals surface area contributed by atoms with Gasteiger partial charge in [-0.1, -0.05) is 53.2 Å². The van der Waals surface area contributed by atoms with Crippen LogP contribution in [0.5, 0.6) is 0 Å². The van der Waals surface area contributed by atoms with Crippen molar-refractivity contribution in [1.29, 1.82) is 0 Å². The zero-order valence-corrected chi connectivity index (χ0v) is 13.5. The molecule has 0 aromatic heterocycles. The average molecular weight is 329 g/mol. The fraction of sp³-hybridized carbons (Fsp3) is 0.111. The summed E-state index contributed by atoms with van der Waals surface area (Å²) in [6, 6.07) is 14.5. The Kier molecular flexibility index (Phi) is 5.94. The van der Waals surface area contributed by atoms with Crippen LogP contribution in [0.25, 0.3) is 5.57 Å². The molecule has 0 unspecified atom stereocenters. The van der Waals surface area contributed by atoms with Gasteiger partial charge in [-0.3, -0.25) is 4.79 Å². The topological polar surface area (TPSA) is 47.9 Å². The molecule has 0 spiro atoms. The van der Waals surface area contributed by atoms with Crippen molar-refractivity contribution >= 4 is 29.2 Å². The van der Waals surface area contributed by atoms with Gasteiger partial charge in [-0.15, -0.1) is 0 Å². The third-order valence-corrected chi connectivity index (χ3v) is 3.37. The van der Waals surface area contributed by atoms with Crippen LogP contribution >= 0.6 is 11.6 Å². The lowest BCUT2D eigenvalue weighted by atomic mass is 9.94. The van der Waals surface area contributed by atoms with Crippen LogP contribution in [0.1, 0.15) is 16.7 Å². The first-order valence-corrected chi connectivity index (χ1v) is 7.17. The van der Waals surface area contributed by atoms with E-state index in [9.17, 15) is 4.79 Å². The maximum atomic E-state index is 11.2. The van der Waals surface area contributed by atoms with E-state index < -0.39 is 0 Å². The van der Waals surface area contributed by atoms with Crippen LogP contribution in [0.4, 0.5) is 0 Å². The standard InChI is InChI=1S/C18H15ClNO3/c1-22-12-14(11-21)16-5-3-4-6-17(16)18(20-23-2)13-7-9-15(19)10-8-13/h3-10,12H,1-2H3/b14-12-,20-18+. The van der Waals surface area contributed by atoms with Crippen molar-refractivity contribution in [3.63, 3.8) is 0 Å². The molecule has 0 fully saturated rings. The largest absolute Gasteiger partial charge is 0.504 e. The number of rotatable bonds is 6. The first-order valence-electron chi connectivity index (χ1n) is 6.79. The molecule has 2 aromatic carbocycles. The van der Waals surface area contributed by atoms with E-state index in [2.05, 4.69) is 5.16 Å². The number of nitrogens with zero attached hydrogens (tertiary/aromatic N) is 1. The summed E-state index contributed by atoms with van der Waals surface area (Å²) in [7, 11) is 2.94. The van der Waals surface area contributed by atoms with E-state index in [0.717, 1.165) is 11.1 Å². The summed E-state index contributed by atoms with van der Waals surface area (Å²) in [6.07, 6.45) is 3.23. The Labute approximate surface area is 140 Å². The van der Waals surface area contributed by atoms with Crippen molar-refractivity contribution in [3.05, 3.63) is 76.5 Å². The summed E-state index contributed by atoms with van der Waals surface area (Å²) in [5.74, 6) is 0. The molecule has 0 aliphatic heterocycles. The lowest BCUT2D eigenvalue weighted by molar-refractivity contribution is 0.214. The summed E-state index contributed by atoms with van der Waals surface area (Å²) < 4.78 is 4.95. The molecule has 2 rings (SSSR count). The first kappa shape index (κ1) is 16.8. The van der Waals surface area contributed by atoms with Gasteiger partial charge in [-0.2, -0.15) is 0 Å². The fourth-order valence-electron chi connectivity index (χ4n) is 2.14. The van der Waals surface area contributed by atoms with Crippen molar-refractivity contribution in [1.82, 2.24) is 0 Å². The Balaban J connectivity index is 2.61. The summed E-state index contributed by atoms with van der Waals surface area (Å²) in [5.41, 5.74) is 3.06. The Morgan fingerprint density at radius 1 is 1.09 bits per heavy atom. The highest BCUT2D eigenvalue weighted by Crippen LogP contribution is 2.23. The maximum Gasteiger partial charge on any atom is 0.237 e. The molecular weight excluding hydrogens is 314 g/mol. The van der Waals surface area contributed by atoms with Gasteiger partial charge in [-0.25, -0.2) is 0 Å². The molecule has 0 amide bonds. The zero-order chi connectivity index (χ0) is 16.7. The summed E-state index contributed by atoms with van der Waals surface area (Å²) in [6.45, 7) is 0. The number of carbonyl (C=O) groups excluding carboxylic acids is 1. The van der Waals surface area contributed by atoms with Crippen molar-refractivity contribution in [3.8, 4) is 0 Å². The number of hydrogen-bond donors (Lipinski definition) is 0. The van der Waals surface area contributed by atoms with Crippen molar-refractivity contribution < 1.29 is 14.4 Å². The lowest BCUT2D eigenvalue weighted by Crippen LogP contribution is -2.08. The number of halogens is 1. The lowest BCUT2D eigenvalue weighted by Gasteiger charge is -2.11.